The van der Waals surface area contributed by atoms with E-state index in [0.717, 1.165) is 0 Å². The summed E-state index contributed by atoms with van der Waals surface area (Å²) in [6, 6.07) is 0.355. The van der Waals surface area contributed by atoms with Crippen molar-refractivity contribution in [2.75, 3.05) is 13.6 Å². The minimum absolute atomic E-state index is 0.0362. The third-order valence-electron chi connectivity index (χ3n) is 5.09. The molecule has 5 atom stereocenters. The Morgan fingerprint density at radius 3 is 2.71 bits per heavy atom. The first-order valence-electron chi connectivity index (χ1n) is 8.83. The molecule has 0 spiro atoms. The molecule has 1 fully saturated rings. The predicted octanol–water partition coefficient (Wildman–Crippen LogP) is -1.87. The van der Waals surface area contributed by atoms with Gasteiger partial charge in [0.05, 0.1) is 5.92 Å². The van der Waals surface area contributed by atoms with Crippen LogP contribution in [-0.2, 0) is 4.79 Å². The van der Waals surface area contributed by atoms with Gasteiger partial charge in [0.1, 0.15) is 23.8 Å². The molecule has 0 bridgehead atoms. The largest absolute Gasteiger partial charge is 0.370 e. The Morgan fingerprint density at radius 2 is 2.14 bits per heavy atom. The summed E-state index contributed by atoms with van der Waals surface area (Å²) in [7, 11) is 1.57. The smallest absolute Gasteiger partial charge is 0.270 e. The van der Waals surface area contributed by atoms with Gasteiger partial charge in [-0.05, 0) is 25.5 Å². The summed E-state index contributed by atoms with van der Waals surface area (Å²) in [6.07, 6.45) is -1.57. The number of aliphatic hydroxyl groups excluding tert-OH is 2. The van der Waals surface area contributed by atoms with Crippen molar-refractivity contribution in [1.82, 2.24) is 15.1 Å². The van der Waals surface area contributed by atoms with Gasteiger partial charge in [-0.25, -0.2) is 9.98 Å². The summed E-state index contributed by atoms with van der Waals surface area (Å²) in [6.45, 7) is 7.08. The van der Waals surface area contributed by atoms with Gasteiger partial charge in [0.25, 0.3) is 11.8 Å². The van der Waals surface area contributed by atoms with Crippen molar-refractivity contribution >= 4 is 17.6 Å². The molecular formula is C17H26N6O5. The number of hydrogen-bond donors (Lipinski definition) is 5. The fourth-order valence-electron chi connectivity index (χ4n) is 3.74. The molecule has 1 saturated heterocycles. The first-order chi connectivity index (χ1) is 13.1. The van der Waals surface area contributed by atoms with E-state index in [1.807, 2.05) is 0 Å². The van der Waals surface area contributed by atoms with Crippen LogP contribution >= 0.6 is 0 Å². The van der Waals surface area contributed by atoms with Crippen molar-refractivity contribution in [2.45, 2.75) is 44.7 Å². The second-order valence-corrected chi connectivity index (χ2v) is 6.95. The third-order valence-corrected chi connectivity index (χ3v) is 5.09. The summed E-state index contributed by atoms with van der Waals surface area (Å²) >= 11 is 0. The van der Waals surface area contributed by atoms with Crippen molar-refractivity contribution in [3.05, 3.63) is 12.8 Å². The summed E-state index contributed by atoms with van der Waals surface area (Å²) in [4.78, 5) is 22.5. The summed E-state index contributed by atoms with van der Waals surface area (Å²) < 4.78 is 0. The van der Waals surface area contributed by atoms with Gasteiger partial charge in [0.2, 0.25) is 12.5 Å². The van der Waals surface area contributed by atoms with Crippen LogP contribution in [0.4, 0.5) is 0 Å². The van der Waals surface area contributed by atoms with Crippen molar-refractivity contribution < 1.29 is 25.2 Å². The van der Waals surface area contributed by atoms with Gasteiger partial charge in [-0.1, -0.05) is 13.5 Å². The molecule has 28 heavy (non-hydrogen) atoms. The van der Waals surface area contributed by atoms with Crippen molar-refractivity contribution in [1.29, 1.82) is 5.26 Å². The van der Waals surface area contributed by atoms with E-state index in [1.165, 1.54) is 17.2 Å². The number of nitrogens with one attached hydrogen (secondary N) is 1. The Bertz CT molecular complexity index is 730. The van der Waals surface area contributed by atoms with E-state index in [9.17, 15) is 25.2 Å². The fourth-order valence-corrected chi connectivity index (χ4v) is 3.74. The van der Waals surface area contributed by atoms with E-state index in [1.54, 1.807) is 20.9 Å². The van der Waals surface area contributed by atoms with Crippen molar-refractivity contribution in [3.8, 4) is 6.07 Å². The van der Waals surface area contributed by atoms with E-state index >= 15 is 0 Å². The lowest BCUT2D eigenvalue weighted by molar-refractivity contribution is -0.304. The maximum atomic E-state index is 12.3. The Labute approximate surface area is 162 Å². The molecule has 0 aromatic rings. The van der Waals surface area contributed by atoms with Crippen LogP contribution in [-0.4, -0.2) is 85.8 Å². The highest BCUT2D eigenvalue weighted by atomic mass is 16.5. The molecular weight excluding hydrogens is 368 g/mol. The predicted molar refractivity (Wildman–Crippen MR) is 99.2 cm³/mol. The van der Waals surface area contributed by atoms with E-state index in [4.69, 9.17) is 5.26 Å². The van der Waals surface area contributed by atoms with Gasteiger partial charge < -0.3 is 30.6 Å². The van der Waals surface area contributed by atoms with E-state index in [2.05, 4.69) is 21.9 Å². The molecule has 154 valence electrons. The number of hydrogen-bond acceptors (Lipinski definition) is 10. The molecule has 0 saturated carbocycles. The van der Waals surface area contributed by atoms with E-state index in [-0.39, 0.29) is 12.5 Å². The highest BCUT2D eigenvalue weighted by Gasteiger charge is 2.53. The summed E-state index contributed by atoms with van der Waals surface area (Å²) in [5, 5.41) is 52.7. The maximum Gasteiger partial charge on any atom is 0.270 e. The SMILES string of the molecule is C=CNC1=NC(O)N=C(N(C)C2C(C)CCN(C(=O)C(O)C#N)C2(O)O)C1C. The maximum absolute atomic E-state index is 12.3. The summed E-state index contributed by atoms with van der Waals surface area (Å²) in [5.41, 5.74) is 0. The van der Waals surface area contributed by atoms with Gasteiger partial charge >= 0.3 is 0 Å². The molecule has 2 aliphatic heterocycles. The number of nitriles is 1. The van der Waals surface area contributed by atoms with E-state index in [0.29, 0.717) is 23.0 Å². The number of amides is 1. The molecule has 11 nitrogen and oxygen atoms in total. The zero-order valence-electron chi connectivity index (χ0n) is 16.0. The fraction of sp³-hybridized carbons (Fsp3) is 0.647. The number of nitrogens with zero attached hydrogens (tertiary/aromatic N) is 5. The number of likely N-dealkylation sites (N-methyl/N-ethyl adjacent to an activating group) is 1. The Balaban J connectivity index is 2.37. The molecule has 5 N–H and O–H groups in total. The standard InChI is InChI=1S/C17H26N6O5/c1-5-19-13-10(3)14(21-16(26)20-13)22(4)12-9(2)6-7-23(17(12,27)28)15(25)11(24)8-18/h5,9-12,16,24,26-28H,1,6-7H2,2-4H3,(H,19,20). The van der Waals surface area contributed by atoms with Crippen LogP contribution in [0.25, 0.3) is 0 Å². The Kier molecular flexibility index (Phi) is 6.41. The van der Waals surface area contributed by atoms with Crippen LogP contribution in [0.1, 0.15) is 20.3 Å². The molecule has 11 heteroatoms. The molecule has 1 amide bonds. The number of carbonyl (C=O) groups is 1. The lowest BCUT2D eigenvalue weighted by Gasteiger charge is -2.51. The average molecular weight is 394 g/mol. The molecule has 0 aliphatic carbocycles. The average Bonchev–Trinajstić information content (AvgIpc) is 2.62. The second-order valence-electron chi connectivity index (χ2n) is 6.95. The van der Waals surface area contributed by atoms with Gasteiger partial charge in [-0.3, -0.25) is 9.69 Å². The molecule has 0 aromatic carbocycles. The van der Waals surface area contributed by atoms with Crippen LogP contribution in [0.15, 0.2) is 22.8 Å². The van der Waals surface area contributed by atoms with Gasteiger partial charge in [-0.2, -0.15) is 5.26 Å². The van der Waals surface area contributed by atoms with Crippen LogP contribution in [0, 0.1) is 23.2 Å². The lowest BCUT2D eigenvalue weighted by Crippen LogP contribution is -2.71. The number of piperidine rings is 1. The molecule has 5 unspecified atom stereocenters. The van der Waals surface area contributed by atoms with Gasteiger partial charge in [0, 0.05) is 13.6 Å². The number of aliphatic imine (C=N–C) groups is 2. The molecule has 2 heterocycles. The minimum atomic E-state index is -2.67. The summed E-state index contributed by atoms with van der Waals surface area (Å²) in [5.74, 6) is -3.75. The highest BCUT2D eigenvalue weighted by Crippen LogP contribution is 2.34. The normalized spacial score (nSPS) is 30.4. The topological polar surface area (TPSA) is 165 Å². The van der Waals surface area contributed by atoms with Crippen LogP contribution in [0.2, 0.25) is 0 Å². The number of carbonyl (C=O) groups excluding carboxylic acids is 1. The quantitative estimate of drug-likeness (QED) is 0.274. The molecule has 2 rings (SSSR count). The monoisotopic (exact) mass is 394 g/mol. The third kappa shape index (κ3) is 3.85. The lowest BCUT2D eigenvalue weighted by atomic mass is 9.87. The van der Waals surface area contributed by atoms with Crippen molar-refractivity contribution in [3.63, 3.8) is 0 Å². The van der Waals surface area contributed by atoms with Crippen LogP contribution in [0.3, 0.4) is 0 Å². The zero-order valence-corrected chi connectivity index (χ0v) is 16.0. The molecule has 0 radical (unpaired) electrons. The van der Waals surface area contributed by atoms with Gasteiger partial charge in [0.15, 0.2) is 0 Å². The number of amidine groups is 2. The number of rotatable bonds is 3. The zero-order chi connectivity index (χ0) is 21.2. The Hall–Kier alpha value is -2.52. The highest BCUT2D eigenvalue weighted by molar-refractivity contribution is 6.06. The van der Waals surface area contributed by atoms with Crippen LogP contribution in [0.5, 0.6) is 0 Å². The second kappa shape index (κ2) is 8.24. The number of likely N-dealkylation sites (tertiary alicyclic amines) is 1. The van der Waals surface area contributed by atoms with Crippen LogP contribution < -0.4 is 5.32 Å². The molecule has 2 aliphatic rings. The minimum Gasteiger partial charge on any atom is -0.370 e. The van der Waals surface area contributed by atoms with Gasteiger partial charge in [-0.15, -0.1) is 0 Å². The van der Waals surface area contributed by atoms with Crippen molar-refractivity contribution in [2.24, 2.45) is 21.8 Å². The molecule has 0 aromatic heterocycles. The first kappa shape index (κ1) is 21.8. The number of aliphatic hydroxyl groups is 4. The first-order valence-corrected chi connectivity index (χ1v) is 8.83. The van der Waals surface area contributed by atoms with E-state index < -0.39 is 36.2 Å². The Morgan fingerprint density at radius 1 is 1.50 bits per heavy atom.